The molecule has 0 bridgehead atoms. The number of nitrogens with one attached hydrogen (secondary N) is 1. The third kappa shape index (κ3) is 3.60. The SMILES string of the molecule is COCCCNCc1cc(C)n(-c2cccc(C)c2C)c1C. The molecule has 0 unspecified atom stereocenters. The Kier molecular flexibility index (Phi) is 5.81. The van der Waals surface area contributed by atoms with Crippen molar-refractivity contribution in [2.24, 2.45) is 0 Å². The number of ether oxygens (including phenoxy) is 1. The van der Waals surface area contributed by atoms with E-state index in [4.69, 9.17) is 4.74 Å². The minimum atomic E-state index is 0.814. The van der Waals surface area contributed by atoms with Crippen LogP contribution in [0.3, 0.4) is 0 Å². The number of rotatable bonds is 7. The van der Waals surface area contributed by atoms with E-state index in [0.717, 1.165) is 26.1 Å². The van der Waals surface area contributed by atoms with Crippen LogP contribution in [0.1, 0.15) is 34.5 Å². The Morgan fingerprint density at radius 1 is 1.14 bits per heavy atom. The minimum Gasteiger partial charge on any atom is -0.385 e. The Morgan fingerprint density at radius 3 is 2.64 bits per heavy atom. The van der Waals surface area contributed by atoms with E-state index in [9.17, 15) is 0 Å². The third-order valence-corrected chi connectivity index (χ3v) is 4.37. The van der Waals surface area contributed by atoms with Crippen LogP contribution in [-0.2, 0) is 11.3 Å². The zero-order valence-corrected chi connectivity index (χ0v) is 14.5. The van der Waals surface area contributed by atoms with Crippen molar-refractivity contribution < 1.29 is 4.74 Å². The normalized spacial score (nSPS) is 11.1. The highest BCUT2D eigenvalue weighted by Gasteiger charge is 2.12. The van der Waals surface area contributed by atoms with Crippen molar-refractivity contribution >= 4 is 0 Å². The Hall–Kier alpha value is -1.58. The van der Waals surface area contributed by atoms with E-state index in [1.165, 1.54) is 33.8 Å². The number of nitrogens with zero attached hydrogens (tertiary/aromatic N) is 1. The fourth-order valence-corrected chi connectivity index (χ4v) is 2.92. The summed E-state index contributed by atoms with van der Waals surface area (Å²) in [4.78, 5) is 0. The molecular formula is C19H28N2O. The summed E-state index contributed by atoms with van der Waals surface area (Å²) in [5, 5.41) is 3.50. The van der Waals surface area contributed by atoms with Crippen LogP contribution in [0.2, 0.25) is 0 Å². The summed E-state index contributed by atoms with van der Waals surface area (Å²) in [6.45, 7) is 11.5. The van der Waals surface area contributed by atoms with E-state index in [-0.39, 0.29) is 0 Å². The van der Waals surface area contributed by atoms with E-state index < -0.39 is 0 Å². The lowest BCUT2D eigenvalue weighted by Gasteiger charge is -2.15. The molecule has 1 aromatic carbocycles. The molecule has 1 heterocycles. The maximum absolute atomic E-state index is 5.08. The monoisotopic (exact) mass is 300 g/mol. The van der Waals surface area contributed by atoms with E-state index in [1.54, 1.807) is 7.11 Å². The average Bonchev–Trinajstić information content (AvgIpc) is 2.77. The van der Waals surface area contributed by atoms with Crippen LogP contribution in [-0.4, -0.2) is 24.8 Å². The van der Waals surface area contributed by atoms with Crippen molar-refractivity contribution in [3.05, 3.63) is 52.3 Å². The molecule has 0 atom stereocenters. The van der Waals surface area contributed by atoms with Gasteiger partial charge in [-0.25, -0.2) is 0 Å². The smallest absolute Gasteiger partial charge is 0.0486 e. The fraction of sp³-hybridized carbons (Fsp3) is 0.474. The molecule has 1 aromatic heterocycles. The molecule has 0 radical (unpaired) electrons. The molecule has 0 fully saturated rings. The Morgan fingerprint density at radius 2 is 1.91 bits per heavy atom. The zero-order chi connectivity index (χ0) is 16.1. The number of aromatic nitrogens is 1. The molecule has 0 saturated carbocycles. The summed E-state index contributed by atoms with van der Waals surface area (Å²) in [7, 11) is 1.75. The van der Waals surface area contributed by atoms with Gasteiger partial charge in [0.1, 0.15) is 0 Å². The fourth-order valence-electron chi connectivity index (χ4n) is 2.92. The molecule has 3 heteroatoms. The van der Waals surface area contributed by atoms with Crippen molar-refractivity contribution in [1.29, 1.82) is 0 Å². The maximum Gasteiger partial charge on any atom is 0.0486 e. The van der Waals surface area contributed by atoms with Crippen molar-refractivity contribution in [1.82, 2.24) is 9.88 Å². The molecule has 0 spiro atoms. The Balaban J connectivity index is 2.18. The van der Waals surface area contributed by atoms with Gasteiger partial charge in [-0.05, 0) is 69.5 Å². The van der Waals surface area contributed by atoms with Crippen LogP contribution in [0.4, 0.5) is 0 Å². The predicted molar refractivity (Wildman–Crippen MR) is 92.9 cm³/mol. The van der Waals surface area contributed by atoms with Crippen LogP contribution in [0.5, 0.6) is 0 Å². The molecule has 0 aliphatic rings. The predicted octanol–water partition coefficient (Wildman–Crippen LogP) is 3.84. The molecule has 0 amide bonds. The van der Waals surface area contributed by atoms with Crippen molar-refractivity contribution in [2.75, 3.05) is 20.3 Å². The second-order valence-corrected chi connectivity index (χ2v) is 5.97. The van der Waals surface area contributed by atoms with E-state index in [2.05, 4.69) is 61.8 Å². The topological polar surface area (TPSA) is 26.2 Å². The second-order valence-electron chi connectivity index (χ2n) is 5.97. The van der Waals surface area contributed by atoms with Gasteiger partial charge < -0.3 is 14.6 Å². The molecule has 120 valence electrons. The maximum atomic E-state index is 5.08. The lowest BCUT2D eigenvalue weighted by atomic mass is 10.1. The zero-order valence-electron chi connectivity index (χ0n) is 14.5. The van der Waals surface area contributed by atoms with Crippen LogP contribution in [0, 0.1) is 27.7 Å². The molecule has 0 aliphatic heterocycles. The van der Waals surface area contributed by atoms with E-state index >= 15 is 0 Å². The highest BCUT2D eigenvalue weighted by molar-refractivity contribution is 5.49. The minimum absolute atomic E-state index is 0.814. The first-order chi connectivity index (χ1) is 10.6. The van der Waals surface area contributed by atoms with Gasteiger partial charge in [-0.1, -0.05) is 12.1 Å². The molecule has 3 nitrogen and oxygen atoms in total. The van der Waals surface area contributed by atoms with E-state index in [0.29, 0.717) is 0 Å². The Labute approximate surface area is 134 Å². The van der Waals surface area contributed by atoms with Gasteiger partial charge in [0.15, 0.2) is 0 Å². The third-order valence-electron chi connectivity index (χ3n) is 4.37. The molecule has 22 heavy (non-hydrogen) atoms. The van der Waals surface area contributed by atoms with Gasteiger partial charge in [-0.15, -0.1) is 0 Å². The summed E-state index contributed by atoms with van der Waals surface area (Å²) in [5.74, 6) is 0. The first kappa shape index (κ1) is 16.8. The number of aryl methyl sites for hydroxylation is 2. The van der Waals surface area contributed by atoms with Gasteiger partial charge in [-0.3, -0.25) is 0 Å². The second kappa shape index (κ2) is 7.61. The van der Waals surface area contributed by atoms with Gasteiger partial charge in [0.05, 0.1) is 0 Å². The van der Waals surface area contributed by atoms with Crippen LogP contribution >= 0.6 is 0 Å². The lowest BCUT2D eigenvalue weighted by molar-refractivity contribution is 0.194. The summed E-state index contributed by atoms with van der Waals surface area (Å²) < 4.78 is 7.45. The molecule has 2 rings (SSSR count). The standard InChI is InChI=1S/C19H28N2O/c1-14-8-6-9-19(16(14)3)21-15(2)12-18(17(21)4)13-20-10-7-11-22-5/h6,8-9,12,20H,7,10-11,13H2,1-5H3. The molecule has 0 aliphatic carbocycles. The summed E-state index contributed by atoms with van der Waals surface area (Å²) >= 11 is 0. The van der Waals surface area contributed by atoms with Gasteiger partial charge in [0.2, 0.25) is 0 Å². The summed E-state index contributed by atoms with van der Waals surface area (Å²) in [6.07, 6.45) is 1.05. The number of hydrogen-bond acceptors (Lipinski definition) is 2. The van der Waals surface area contributed by atoms with Gasteiger partial charge >= 0.3 is 0 Å². The van der Waals surface area contributed by atoms with Crippen LogP contribution < -0.4 is 5.32 Å². The average molecular weight is 300 g/mol. The Bertz CT molecular complexity index is 629. The molecule has 1 N–H and O–H groups in total. The van der Waals surface area contributed by atoms with Crippen molar-refractivity contribution in [2.45, 2.75) is 40.7 Å². The van der Waals surface area contributed by atoms with Crippen molar-refractivity contribution in [3.63, 3.8) is 0 Å². The number of benzene rings is 1. The van der Waals surface area contributed by atoms with Crippen LogP contribution in [0.25, 0.3) is 5.69 Å². The highest BCUT2D eigenvalue weighted by Crippen LogP contribution is 2.24. The summed E-state index contributed by atoms with van der Waals surface area (Å²) in [5.41, 5.74) is 7.97. The highest BCUT2D eigenvalue weighted by atomic mass is 16.5. The quantitative estimate of drug-likeness (QED) is 0.786. The van der Waals surface area contributed by atoms with Crippen LogP contribution in [0.15, 0.2) is 24.3 Å². The van der Waals surface area contributed by atoms with E-state index in [1.807, 2.05) is 0 Å². The largest absolute Gasteiger partial charge is 0.385 e. The summed E-state index contributed by atoms with van der Waals surface area (Å²) in [6, 6.07) is 8.81. The molecule has 0 saturated heterocycles. The first-order valence-electron chi connectivity index (χ1n) is 8.00. The lowest BCUT2D eigenvalue weighted by Crippen LogP contribution is -2.16. The van der Waals surface area contributed by atoms with Crippen molar-refractivity contribution in [3.8, 4) is 5.69 Å². The van der Waals surface area contributed by atoms with Gasteiger partial charge in [-0.2, -0.15) is 0 Å². The molecular weight excluding hydrogens is 272 g/mol. The first-order valence-corrected chi connectivity index (χ1v) is 8.00. The van der Waals surface area contributed by atoms with Gasteiger partial charge in [0.25, 0.3) is 0 Å². The molecule has 2 aromatic rings. The number of hydrogen-bond donors (Lipinski definition) is 1. The number of methoxy groups -OCH3 is 1. The van der Waals surface area contributed by atoms with Gasteiger partial charge in [0, 0.05) is 37.3 Å².